The standard InChI is InChI=1S/C18H26N2O/c1-5-19(12-14(2)3)18(21)15(4)20-11-10-16-8-6-7-9-17(16)13-20/h6-9,15H,2,5,10-13H2,1,3-4H3. The van der Waals surface area contributed by atoms with Crippen LogP contribution >= 0.6 is 0 Å². The van der Waals surface area contributed by atoms with Gasteiger partial charge in [0.1, 0.15) is 0 Å². The summed E-state index contributed by atoms with van der Waals surface area (Å²) in [4.78, 5) is 16.8. The Balaban J connectivity index is 2.05. The molecular weight excluding hydrogens is 260 g/mol. The first kappa shape index (κ1) is 15.8. The van der Waals surface area contributed by atoms with Crippen LogP contribution in [0, 0.1) is 0 Å². The molecule has 1 aromatic carbocycles. The fourth-order valence-corrected chi connectivity index (χ4v) is 2.94. The Morgan fingerprint density at radius 2 is 2.05 bits per heavy atom. The molecular formula is C18H26N2O. The predicted molar refractivity (Wildman–Crippen MR) is 87.1 cm³/mol. The monoisotopic (exact) mass is 286 g/mol. The average Bonchev–Trinajstić information content (AvgIpc) is 2.50. The van der Waals surface area contributed by atoms with Gasteiger partial charge in [0.25, 0.3) is 0 Å². The van der Waals surface area contributed by atoms with Gasteiger partial charge in [-0.2, -0.15) is 0 Å². The van der Waals surface area contributed by atoms with Crippen LogP contribution in [-0.4, -0.2) is 41.4 Å². The minimum atomic E-state index is -0.0716. The van der Waals surface area contributed by atoms with Crippen LogP contribution in [0.15, 0.2) is 36.4 Å². The van der Waals surface area contributed by atoms with Gasteiger partial charge in [-0.1, -0.05) is 36.4 Å². The van der Waals surface area contributed by atoms with E-state index in [9.17, 15) is 4.79 Å². The first-order valence-corrected chi connectivity index (χ1v) is 7.77. The van der Waals surface area contributed by atoms with Crippen LogP contribution in [0.1, 0.15) is 31.9 Å². The van der Waals surface area contributed by atoms with Crippen molar-refractivity contribution in [2.24, 2.45) is 0 Å². The molecule has 0 bridgehead atoms. The fourth-order valence-electron chi connectivity index (χ4n) is 2.94. The second-order valence-electron chi connectivity index (χ2n) is 5.97. The molecule has 0 aromatic heterocycles. The quantitative estimate of drug-likeness (QED) is 0.777. The molecule has 1 aromatic rings. The van der Waals surface area contributed by atoms with Crippen LogP contribution in [0.2, 0.25) is 0 Å². The molecule has 1 aliphatic rings. The smallest absolute Gasteiger partial charge is 0.239 e. The molecule has 3 heteroatoms. The van der Waals surface area contributed by atoms with Crippen LogP contribution < -0.4 is 0 Å². The Kier molecular flexibility index (Phi) is 5.18. The lowest BCUT2D eigenvalue weighted by molar-refractivity contribution is -0.136. The summed E-state index contributed by atoms with van der Waals surface area (Å²) in [5, 5.41) is 0. The SMILES string of the molecule is C=C(C)CN(CC)C(=O)C(C)N1CCc2ccccc2C1. The number of carbonyl (C=O) groups is 1. The minimum Gasteiger partial charge on any atom is -0.338 e. The van der Waals surface area contributed by atoms with Crippen molar-refractivity contribution in [1.82, 2.24) is 9.80 Å². The van der Waals surface area contributed by atoms with Crippen molar-refractivity contribution in [3.63, 3.8) is 0 Å². The van der Waals surface area contributed by atoms with Crippen molar-refractivity contribution in [1.29, 1.82) is 0 Å². The summed E-state index contributed by atoms with van der Waals surface area (Å²) in [5.41, 5.74) is 3.80. The topological polar surface area (TPSA) is 23.6 Å². The molecule has 21 heavy (non-hydrogen) atoms. The molecule has 1 unspecified atom stereocenters. The zero-order chi connectivity index (χ0) is 15.4. The van der Waals surface area contributed by atoms with Crippen molar-refractivity contribution in [2.75, 3.05) is 19.6 Å². The number of amides is 1. The first-order chi connectivity index (χ1) is 10.0. The van der Waals surface area contributed by atoms with E-state index in [2.05, 4.69) is 35.7 Å². The fraction of sp³-hybridized carbons (Fsp3) is 0.500. The maximum Gasteiger partial charge on any atom is 0.239 e. The number of likely N-dealkylation sites (N-methyl/N-ethyl adjacent to an activating group) is 1. The zero-order valence-electron chi connectivity index (χ0n) is 13.4. The molecule has 0 radical (unpaired) electrons. The number of hydrogen-bond donors (Lipinski definition) is 0. The minimum absolute atomic E-state index is 0.0716. The van der Waals surface area contributed by atoms with Crippen LogP contribution in [0.25, 0.3) is 0 Å². The molecule has 1 atom stereocenters. The molecule has 0 saturated carbocycles. The summed E-state index contributed by atoms with van der Waals surface area (Å²) < 4.78 is 0. The number of benzene rings is 1. The van der Waals surface area contributed by atoms with Gasteiger partial charge in [0.2, 0.25) is 5.91 Å². The molecule has 0 fully saturated rings. The van der Waals surface area contributed by atoms with Crippen LogP contribution in [0.5, 0.6) is 0 Å². The third-order valence-electron chi connectivity index (χ3n) is 4.22. The molecule has 2 rings (SSSR count). The van der Waals surface area contributed by atoms with Gasteiger partial charge in [0.05, 0.1) is 6.04 Å². The summed E-state index contributed by atoms with van der Waals surface area (Å²) in [7, 11) is 0. The molecule has 1 heterocycles. The van der Waals surface area contributed by atoms with E-state index in [4.69, 9.17) is 0 Å². The maximum atomic E-state index is 12.7. The van der Waals surface area contributed by atoms with Crippen LogP contribution in [-0.2, 0) is 17.8 Å². The summed E-state index contributed by atoms with van der Waals surface area (Å²) in [6.07, 6.45) is 1.03. The van der Waals surface area contributed by atoms with Gasteiger partial charge >= 0.3 is 0 Å². The lowest BCUT2D eigenvalue weighted by Crippen LogP contribution is -2.49. The number of hydrogen-bond acceptors (Lipinski definition) is 2. The van der Waals surface area contributed by atoms with Gasteiger partial charge in [0, 0.05) is 26.2 Å². The van der Waals surface area contributed by atoms with Crippen molar-refractivity contribution in [2.45, 2.75) is 39.8 Å². The second-order valence-corrected chi connectivity index (χ2v) is 5.97. The van der Waals surface area contributed by atoms with E-state index in [1.54, 1.807) is 0 Å². The van der Waals surface area contributed by atoms with Gasteiger partial charge in [-0.3, -0.25) is 9.69 Å². The highest BCUT2D eigenvalue weighted by Crippen LogP contribution is 2.21. The highest BCUT2D eigenvalue weighted by atomic mass is 16.2. The summed E-state index contributed by atoms with van der Waals surface area (Å²) >= 11 is 0. The molecule has 0 spiro atoms. The lowest BCUT2D eigenvalue weighted by atomic mass is 9.98. The molecule has 114 valence electrons. The third-order valence-corrected chi connectivity index (χ3v) is 4.22. The zero-order valence-corrected chi connectivity index (χ0v) is 13.4. The molecule has 1 aliphatic heterocycles. The Bertz CT molecular complexity index is 524. The number of fused-ring (bicyclic) bond motifs is 1. The summed E-state index contributed by atoms with van der Waals surface area (Å²) in [5.74, 6) is 0.208. The average molecular weight is 286 g/mol. The van der Waals surface area contributed by atoms with E-state index in [1.165, 1.54) is 11.1 Å². The van der Waals surface area contributed by atoms with E-state index < -0.39 is 0 Å². The summed E-state index contributed by atoms with van der Waals surface area (Å²) in [6.45, 7) is 13.2. The normalized spacial score (nSPS) is 16.1. The highest BCUT2D eigenvalue weighted by Gasteiger charge is 2.27. The van der Waals surface area contributed by atoms with Gasteiger partial charge in [0.15, 0.2) is 0 Å². The Morgan fingerprint density at radius 3 is 2.67 bits per heavy atom. The van der Waals surface area contributed by atoms with E-state index in [0.29, 0.717) is 6.54 Å². The maximum absolute atomic E-state index is 12.7. The molecule has 1 amide bonds. The van der Waals surface area contributed by atoms with Crippen molar-refractivity contribution in [3.05, 3.63) is 47.5 Å². The molecule has 0 N–H and O–H groups in total. The largest absolute Gasteiger partial charge is 0.338 e. The summed E-state index contributed by atoms with van der Waals surface area (Å²) in [6, 6.07) is 8.46. The van der Waals surface area contributed by atoms with Gasteiger partial charge in [-0.05, 0) is 38.3 Å². The van der Waals surface area contributed by atoms with Gasteiger partial charge < -0.3 is 4.90 Å². The third kappa shape index (κ3) is 3.73. The molecule has 0 saturated heterocycles. The van der Waals surface area contributed by atoms with Gasteiger partial charge in [-0.25, -0.2) is 0 Å². The van der Waals surface area contributed by atoms with Crippen LogP contribution in [0.3, 0.4) is 0 Å². The Morgan fingerprint density at radius 1 is 1.38 bits per heavy atom. The number of carbonyl (C=O) groups excluding carboxylic acids is 1. The van der Waals surface area contributed by atoms with E-state index in [1.807, 2.05) is 25.7 Å². The predicted octanol–water partition coefficient (Wildman–Crippen LogP) is 2.86. The second kappa shape index (κ2) is 6.90. The van der Waals surface area contributed by atoms with E-state index in [0.717, 1.165) is 31.6 Å². The van der Waals surface area contributed by atoms with E-state index in [-0.39, 0.29) is 11.9 Å². The van der Waals surface area contributed by atoms with Crippen molar-refractivity contribution in [3.8, 4) is 0 Å². The number of rotatable bonds is 5. The van der Waals surface area contributed by atoms with Crippen molar-refractivity contribution >= 4 is 5.91 Å². The van der Waals surface area contributed by atoms with Crippen LogP contribution in [0.4, 0.5) is 0 Å². The Hall–Kier alpha value is -1.61. The van der Waals surface area contributed by atoms with Crippen molar-refractivity contribution < 1.29 is 4.79 Å². The Labute approximate surface area is 128 Å². The highest BCUT2D eigenvalue weighted by molar-refractivity contribution is 5.81. The lowest BCUT2D eigenvalue weighted by Gasteiger charge is -2.35. The molecule has 0 aliphatic carbocycles. The van der Waals surface area contributed by atoms with E-state index >= 15 is 0 Å². The molecule has 3 nitrogen and oxygen atoms in total. The van der Waals surface area contributed by atoms with Gasteiger partial charge in [-0.15, -0.1) is 0 Å². The number of nitrogens with zero attached hydrogens (tertiary/aromatic N) is 2. The first-order valence-electron chi connectivity index (χ1n) is 7.77.